The molecule has 8 heteroatoms. The lowest BCUT2D eigenvalue weighted by molar-refractivity contribution is -0.129. The first-order chi connectivity index (χ1) is 14.3. The summed E-state index contributed by atoms with van der Waals surface area (Å²) < 4.78 is 14.9. The lowest BCUT2D eigenvalue weighted by atomic mass is 9.90. The van der Waals surface area contributed by atoms with E-state index in [9.17, 15) is 9.18 Å². The molecule has 5 N–H and O–H groups in total. The van der Waals surface area contributed by atoms with Crippen molar-refractivity contribution in [1.29, 1.82) is 5.41 Å². The molecule has 0 unspecified atom stereocenters. The minimum atomic E-state index is -0.557. The molecule has 152 valence electrons. The number of carbonyl (C=O) groups excluding carboxylic acids is 1. The Kier molecular flexibility index (Phi) is 4.69. The van der Waals surface area contributed by atoms with Gasteiger partial charge in [0.05, 0.1) is 11.4 Å². The molecule has 0 saturated heterocycles. The van der Waals surface area contributed by atoms with E-state index in [4.69, 9.17) is 16.9 Å². The molecule has 3 aromatic rings. The number of rotatable bonds is 3. The van der Waals surface area contributed by atoms with Gasteiger partial charge in [-0.05, 0) is 30.2 Å². The first-order valence-corrected chi connectivity index (χ1v) is 9.42. The van der Waals surface area contributed by atoms with Crippen LogP contribution in [0.25, 0.3) is 28.0 Å². The Morgan fingerprint density at radius 1 is 1.37 bits per heavy atom. The summed E-state index contributed by atoms with van der Waals surface area (Å²) in [6.07, 6.45) is 3.21. The molecule has 1 aliphatic heterocycles. The SMILES string of the molecule is C=C(N)c1ccc(-c2nc3c(F)cc(N)c(C=N)c3c3c2CN(C(C)=O)CC3)nc1. The highest BCUT2D eigenvalue weighted by atomic mass is 19.1. The lowest BCUT2D eigenvalue weighted by Gasteiger charge is -2.30. The number of nitrogens with one attached hydrogen (secondary N) is 1. The second-order valence-electron chi connectivity index (χ2n) is 7.29. The Labute approximate surface area is 172 Å². The summed E-state index contributed by atoms with van der Waals surface area (Å²) in [5.41, 5.74) is 16.2. The van der Waals surface area contributed by atoms with Gasteiger partial charge in [0.2, 0.25) is 5.91 Å². The fourth-order valence-corrected chi connectivity index (χ4v) is 3.88. The van der Waals surface area contributed by atoms with Crippen LogP contribution in [0.3, 0.4) is 0 Å². The molecule has 0 fully saturated rings. The van der Waals surface area contributed by atoms with E-state index in [1.54, 1.807) is 23.2 Å². The van der Waals surface area contributed by atoms with Gasteiger partial charge < -0.3 is 21.8 Å². The maximum Gasteiger partial charge on any atom is 0.219 e. The summed E-state index contributed by atoms with van der Waals surface area (Å²) >= 11 is 0. The second kappa shape index (κ2) is 7.22. The van der Waals surface area contributed by atoms with Gasteiger partial charge >= 0.3 is 0 Å². The average Bonchev–Trinajstić information content (AvgIpc) is 2.73. The van der Waals surface area contributed by atoms with Crippen LogP contribution in [0.4, 0.5) is 10.1 Å². The Morgan fingerprint density at radius 2 is 2.13 bits per heavy atom. The molecule has 0 spiro atoms. The number of fused-ring (bicyclic) bond motifs is 3. The van der Waals surface area contributed by atoms with Crippen molar-refractivity contribution in [3.05, 3.63) is 59.0 Å². The second-order valence-corrected chi connectivity index (χ2v) is 7.29. The van der Waals surface area contributed by atoms with E-state index < -0.39 is 5.82 Å². The largest absolute Gasteiger partial charge is 0.399 e. The zero-order valence-electron chi connectivity index (χ0n) is 16.5. The predicted molar refractivity (Wildman–Crippen MR) is 115 cm³/mol. The van der Waals surface area contributed by atoms with Crippen molar-refractivity contribution >= 4 is 34.4 Å². The number of halogens is 1. The number of benzene rings is 1. The zero-order chi connectivity index (χ0) is 21.6. The average molecular weight is 404 g/mol. The summed E-state index contributed by atoms with van der Waals surface area (Å²) in [4.78, 5) is 22.8. The van der Waals surface area contributed by atoms with Gasteiger partial charge in [0.25, 0.3) is 0 Å². The lowest BCUT2D eigenvalue weighted by Crippen LogP contribution is -2.35. The topological polar surface area (TPSA) is 122 Å². The summed E-state index contributed by atoms with van der Waals surface area (Å²) in [7, 11) is 0. The predicted octanol–water partition coefficient (Wildman–Crippen LogP) is 2.85. The van der Waals surface area contributed by atoms with Gasteiger partial charge in [-0.15, -0.1) is 0 Å². The van der Waals surface area contributed by atoms with Crippen LogP contribution < -0.4 is 11.5 Å². The Morgan fingerprint density at radius 3 is 2.73 bits per heavy atom. The van der Waals surface area contributed by atoms with E-state index in [1.807, 2.05) is 0 Å². The molecule has 0 atom stereocenters. The van der Waals surface area contributed by atoms with E-state index in [2.05, 4.69) is 16.5 Å². The van der Waals surface area contributed by atoms with E-state index in [0.717, 1.165) is 17.3 Å². The molecular weight excluding hydrogens is 383 g/mol. The Balaban J connectivity index is 2.05. The van der Waals surface area contributed by atoms with Gasteiger partial charge in [-0.2, -0.15) is 0 Å². The number of hydrogen-bond acceptors (Lipinski definition) is 6. The third-order valence-corrected chi connectivity index (χ3v) is 5.45. The monoisotopic (exact) mass is 404 g/mol. The van der Waals surface area contributed by atoms with Crippen molar-refractivity contribution in [2.75, 3.05) is 12.3 Å². The number of amides is 1. The van der Waals surface area contributed by atoms with Gasteiger partial charge in [0.1, 0.15) is 5.52 Å². The van der Waals surface area contributed by atoms with Gasteiger partial charge in [-0.3, -0.25) is 9.78 Å². The summed E-state index contributed by atoms with van der Waals surface area (Å²) in [5.74, 6) is -0.612. The molecule has 0 saturated carbocycles. The first kappa shape index (κ1) is 19.5. The third kappa shape index (κ3) is 3.06. The fourth-order valence-electron chi connectivity index (χ4n) is 3.88. The van der Waals surface area contributed by atoms with E-state index >= 15 is 0 Å². The van der Waals surface area contributed by atoms with Gasteiger partial charge in [-0.1, -0.05) is 6.58 Å². The number of nitrogen functional groups attached to an aromatic ring is 1. The number of anilines is 1. The quantitative estimate of drug-likeness (QED) is 0.458. The highest BCUT2D eigenvalue weighted by Gasteiger charge is 2.27. The van der Waals surface area contributed by atoms with Gasteiger partial charge in [0, 0.05) is 65.9 Å². The molecule has 2 aromatic heterocycles. The number of carbonyl (C=O) groups is 1. The Hall–Kier alpha value is -3.81. The number of aromatic nitrogens is 2. The summed E-state index contributed by atoms with van der Waals surface area (Å²) in [6.45, 7) is 6.03. The number of hydrogen-bond donors (Lipinski definition) is 3. The van der Waals surface area contributed by atoms with Crippen LogP contribution in [0.2, 0.25) is 0 Å². The third-order valence-electron chi connectivity index (χ3n) is 5.45. The highest BCUT2D eigenvalue weighted by molar-refractivity contribution is 6.05. The molecule has 0 aliphatic carbocycles. The zero-order valence-corrected chi connectivity index (χ0v) is 16.5. The van der Waals surface area contributed by atoms with Crippen LogP contribution >= 0.6 is 0 Å². The maximum absolute atomic E-state index is 14.9. The summed E-state index contributed by atoms with van der Waals surface area (Å²) in [6, 6.07) is 4.71. The number of pyridine rings is 2. The van der Waals surface area contributed by atoms with Crippen molar-refractivity contribution in [1.82, 2.24) is 14.9 Å². The normalized spacial score (nSPS) is 13.2. The van der Waals surface area contributed by atoms with E-state index in [0.29, 0.717) is 53.1 Å². The minimum absolute atomic E-state index is 0.0551. The molecule has 1 aromatic carbocycles. The van der Waals surface area contributed by atoms with Crippen LogP contribution in [0.15, 0.2) is 31.0 Å². The highest BCUT2D eigenvalue weighted by Crippen LogP contribution is 2.37. The molecular formula is C22H21FN6O. The van der Waals surface area contributed by atoms with Crippen molar-refractivity contribution in [3.63, 3.8) is 0 Å². The van der Waals surface area contributed by atoms with Crippen LogP contribution in [0.5, 0.6) is 0 Å². The maximum atomic E-state index is 14.9. The molecule has 30 heavy (non-hydrogen) atoms. The van der Waals surface area contributed by atoms with Crippen LogP contribution in [-0.2, 0) is 17.8 Å². The summed E-state index contributed by atoms with van der Waals surface area (Å²) in [5, 5.41) is 8.32. The Bertz CT molecular complexity index is 1220. The number of nitrogens with two attached hydrogens (primary N) is 2. The minimum Gasteiger partial charge on any atom is -0.399 e. The van der Waals surface area contributed by atoms with Crippen LogP contribution in [0.1, 0.15) is 29.2 Å². The van der Waals surface area contributed by atoms with Crippen molar-refractivity contribution in [2.45, 2.75) is 19.9 Å². The fraction of sp³-hybridized carbons (Fsp3) is 0.182. The molecule has 0 radical (unpaired) electrons. The molecule has 1 aliphatic rings. The van der Waals surface area contributed by atoms with Gasteiger partial charge in [0.15, 0.2) is 5.82 Å². The van der Waals surface area contributed by atoms with Crippen molar-refractivity contribution in [2.24, 2.45) is 5.73 Å². The van der Waals surface area contributed by atoms with Crippen LogP contribution in [0, 0.1) is 11.2 Å². The molecule has 7 nitrogen and oxygen atoms in total. The first-order valence-electron chi connectivity index (χ1n) is 9.42. The molecule has 1 amide bonds. The standard InChI is InChI=1S/C22H21FN6O/c1-11(25)13-3-4-19(27-9-13)21-16-10-29(12(2)30)6-5-14(16)20-15(8-24)18(26)7-17(23)22(20)28-21/h3-4,7-9,24H,1,5-6,10,25-26H2,2H3. The van der Waals surface area contributed by atoms with Gasteiger partial charge in [-0.25, -0.2) is 9.37 Å². The van der Waals surface area contributed by atoms with Crippen molar-refractivity contribution in [3.8, 4) is 11.4 Å². The molecule has 4 rings (SSSR count). The molecule has 3 heterocycles. The van der Waals surface area contributed by atoms with Crippen molar-refractivity contribution < 1.29 is 9.18 Å². The van der Waals surface area contributed by atoms with E-state index in [1.165, 1.54) is 13.0 Å². The molecule has 0 bridgehead atoms. The number of nitrogens with zero attached hydrogens (tertiary/aromatic N) is 3. The van der Waals surface area contributed by atoms with Crippen LogP contribution in [-0.4, -0.2) is 33.5 Å². The smallest absolute Gasteiger partial charge is 0.219 e. The van der Waals surface area contributed by atoms with E-state index in [-0.39, 0.29) is 17.1 Å².